The predicted molar refractivity (Wildman–Crippen MR) is 78.0 cm³/mol. The quantitative estimate of drug-likeness (QED) is 0.611. The van der Waals surface area contributed by atoms with E-state index in [1.807, 2.05) is 0 Å². The minimum Gasteiger partial charge on any atom is -0.497 e. The van der Waals surface area contributed by atoms with Gasteiger partial charge in [-0.2, -0.15) is 0 Å². The number of benzene rings is 1. The average molecular weight is 309 g/mol. The summed E-state index contributed by atoms with van der Waals surface area (Å²) in [4.78, 5) is 25.7. The van der Waals surface area contributed by atoms with Crippen LogP contribution in [0.5, 0.6) is 11.5 Å². The minimum absolute atomic E-state index is 0.121. The molecule has 1 N–H and O–H groups in total. The second kappa shape index (κ2) is 6.76. The van der Waals surface area contributed by atoms with Gasteiger partial charge in [0.05, 0.1) is 26.5 Å². The second-order valence-corrected chi connectivity index (χ2v) is 4.79. The zero-order chi connectivity index (χ0) is 16.3. The van der Waals surface area contributed by atoms with Crippen molar-refractivity contribution in [3.05, 3.63) is 18.2 Å². The van der Waals surface area contributed by atoms with Crippen LogP contribution in [-0.4, -0.2) is 50.5 Å². The third-order valence-corrected chi connectivity index (χ3v) is 3.46. The van der Waals surface area contributed by atoms with E-state index in [1.165, 1.54) is 19.1 Å². The molecule has 1 aliphatic heterocycles. The zero-order valence-electron chi connectivity index (χ0n) is 12.7. The molecule has 7 heteroatoms. The van der Waals surface area contributed by atoms with Gasteiger partial charge in [-0.25, -0.2) is 0 Å². The maximum absolute atomic E-state index is 12.4. The average Bonchev–Trinajstić information content (AvgIpc) is 2.81. The normalized spacial score (nSPS) is 19.5. The molecule has 0 radical (unpaired) electrons. The van der Waals surface area contributed by atoms with E-state index in [0.29, 0.717) is 17.2 Å². The van der Waals surface area contributed by atoms with Crippen molar-refractivity contribution in [3.63, 3.8) is 0 Å². The van der Waals surface area contributed by atoms with Crippen molar-refractivity contribution >= 4 is 17.4 Å². The summed E-state index contributed by atoms with van der Waals surface area (Å²) in [5.41, 5.74) is 0.473. The van der Waals surface area contributed by atoms with Crippen LogP contribution in [0.3, 0.4) is 0 Å². The van der Waals surface area contributed by atoms with Gasteiger partial charge in [0.1, 0.15) is 17.4 Å². The first-order valence-corrected chi connectivity index (χ1v) is 6.88. The number of ether oxygens (including phenoxy) is 3. The molecule has 2 atom stereocenters. The summed E-state index contributed by atoms with van der Waals surface area (Å²) in [7, 11) is 2.99. The van der Waals surface area contributed by atoms with Crippen LogP contribution in [-0.2, 0) is 14.3 Å². The van der Waals surface area contributed by atoms with E-state index in [2.05, 4.69) is 0 Å². The van der Waals surface area contributed by atoms with Crippen molar-refractivity contribution < 1.29 is 28.9 Å². The van der Waals surface area contributed by atoms with Gasteiger partial charge in [-0.1, -0.05) is 0 Å². The lowest BCUT2D eigenvalue weighted by atomic mass is 10.1. The van der Waals surface area contributed by atoms with Crippen LogP contribution in [0, 0.1) is 5.92 Å². The standard InChI is InChI=1S/C15H19NO6/c1-4-22-15(19)13-12(17)8-16(14(13)18)9-5-10(20-2)7-11(6-9)21-3/h5-7,13,15,19H,4,8H2,1-3H3. The number of carbonyl (C=O) groups is 2. The molecule has 1 aromatic rings. The zero-order valence-corrected chi connectivity index (χ0v) is 12.7. The Morgan fingerprint density at radius 1 is 1.23 bits per heavy atom. The number of anilines is 1. The first-order chi connectivity index (χ1) is 10.5. The third kappa shape index (κ3) is 3.05. The molecule has 0 saturated carbocycles. The lowest BCUT2D eigenvalue weighted by molar-refractivity contribution is -0.156. The number of nitrogens with zero attached hydrogens (tertiary/aromatic N) is 1. The summed E-state index contributed by atoms with van der Waals surface area (Å²) < 4.78 is 15.3. The Morgan fingerprint density at radius 2 is 1.82 bits per heavy atom. The number of ketones is 1. The second-order valence-electron chi connectivity index (χ2n) is 4.79. The van der Waals surface area contributed by atoms with Gasteiger partial charge in [0.25, 0.3) is 0 Å². The molecule has 0 bridgehead atoms. The molecule has 2 rings (SSSR count). The highest BCUT2D eigenvalue weighted by atomic mass is 16.6. The van der Waals surface area contributed by atoms with Crippen LogP contribution in [0.15, 0.2) is 18.2 Å². The van der Waals surface area contributed by atoms with Crippen molar-refractivity contribution in [3.8, 4) is 11.5 Å². The fourth-order valence-electron chi connectivity index (χ4n) is 2.35. The number of hydrogen-bond acceptors (Lipinski definition) is 6. The molecule has 1 amide bonds. The van der Waals surface area contributed by atoms with E-state index in [0.717, 1.165) is 0 Å². The van der Waals surface area contributed by atoms with Crippen molar-refractivity contribution in [1.82, 2.24) is 0 Å². The number of Topliss-reactive ketones (excluding diaryl/α,β-unsaturated/α-hetero) is 1. The number of methoxy groups -OCH3 is 2. The Labute approximate surface area is 128 Å². The van der Waals surface area contributed by atoms with Crippen LogP contribution in [0.4, 0.5) is 5.69 Å². The molecule has 1 aliphatic rings. The van der Waals surface area contributed by atoms with E-state index in [-0.39, 0.29) is 18.9 Å². The lowest BCUT2D eigenvalue weighted by Gasteiger charge is -2.19. The van der Waals surface area contributed by atoms with Gasteiger partial charge in [-0.3, -0.25) is 9.59 Å². The van der Waals surface area contributed by atoms with Crippen LogP contribution in [0.2, 0.25) is 0 Å². The molecule has 0 aliphatic carbocycles. The Morgan fingerprint density at radius 3 is 2.32 bits per heavy atom. The van der Waals surface area contributed by atoms with E-state index < -0.39 is 18.1 Å². The summed E-state index contributed by atoms with van der Waals surface area (Å²) >= 11 is 0. The number of rotatable bonds is 6. The Kier molecular flexibility index (Phi) is 4.99. The Hall–Kier alpha value is -2.12. The Bertz CT molecular complexity index is 551. The molecule has 1 saturated heterocycles. The highest BCUT2D eigenvalue weighted by Gasteiger charge is 2.45. The van der Waals surface area contributed by atoms with Crippen LogP contribution in [0.1, 0.15) is 6.92 Å². The van der Waals surface area contributed by atoms with Gasteiger partial charge < -0.3 is 24.2 Å². The van der Waals surface area contributed by atoms with E-state index in [1.54, 1.807) is 25.1 Å². The highest BCUT2D eigenvalue weighted by Crippen LogP contribution is 2.32. The molecular weight excluding hydrogens is 290 g/mol. The molecule has 7 nitrogen and oxygen atoms in total. The molecule has 0 aromatic heterocycles. The molecular formula is C15H19NO6. The van der Waals surface area contributed by atoms with Crippen LogP contribution >= 0.6 is 0 Å². The monoisotopic (exact) mass is 309 g/mol. The van der Waals surface area contributed by atoms with Gasteiger partial charge in [0, 0.05) is 24.8 Å². The van der Waals surface area contributed by atoms with Crippen molar-refractivity contribution in [1.29, 1.82) is 0 Å². The number of aliphatic hydroxyl groups excluding tert-OH is 1. The number of aliphatic hydroxyl groups is 1. The number of carbonyl (C=O) groups excluding carboxylic acids is 2. The SMILES string of the molecule is CCOC(O)C1C(=O)CN(c2cc(OC)cc(OC)c2)C1=O. The van der Waals surface area contributed by atoms with Crippen molar-refractivity contribution in [2.45, 2.75) is 13.2 Å². The summed E-state index contributed by atoms with van der Waals surface area (Å²) in [5.74, 6) is -1.07. The fraction of sp³-hybridized carbons (Fsp3) is 0.467. The molecule has 22 heavy (non-hydrogen) atoms. The molecule has 0 spiro atoms. The molecule has 1 heterocycles. The first kappa shape index (κ1) is 16.3. The van der Waals surface area contributed by atoms with Gasteiger partial charge >= 0.3 is 0 Å². The topological polar surface area (TPSA) is 85.3 Å². The van der Waals surface area contributed by atoms with E-state index in [9.17, 15) is 14.7 Å². The number of hydrogen-bond donors (Lipinski definition) is 1. The smallest absolute Gasteiger partial charge is 0.243 e. The van der Waals surface area contributed by atoms with Crippen LogP contribution in [0.25, 0.3) is 0 Å². The fourth-order valence-corrected chi connectivity index (χ4v) is 2.35. The van der Waals surface area contributed by atoms with Crippen molar-refractivity contribution in [2.24, 2.45) is 5.92 Å². The van der Waals surface area contributed by atoms with Gasteiger partial charge in [-0.15, -0.1) is 0 Å². The maximum atomic E-state index is 12.4. The largest absolute Gasteiger partial charge is 0.497 e. The summed E-state index contributed by atoms with van der Waals surface area (Å²) in [6.07, 6.45) is -1.43. The highest BCUT2D eigenvalue weighted by molar-refractivity contribution is 6.17. The minimum atomic E-state index is -1.43. The van der Waals surface area contributed by atoms with Gasteiger partial charge in [0.15, 0.2) is 12.1 Å². The molecule has 1 aromatic carbocycles. The molecule has 1 fully saturated rings. The Balaban J connectivity index is 2.30. The molecule has 2 unspecified atom stereocenters. The first-order valence-electron chi connectivity index (χ1n) is 6.88. The van der Waals surface area contributed by atoms with Gasteiger partial charge in [0.2, 0.25) is 5.91 Å². The lowest BCUT2D eigenvalue weighted by Crippen LogP contribution is -2.35. The third-order valence-electron chi connectivity index (χ3n) is 3.46. The summed E-state index contributed by atoms with van der Waals surface area (Å²) in [6, 6.07) is 4.92. The van der Waals surface area contributed by atoms with Gasteiger partial charge in [-0.05, 0) is 6.92 Å². The van der Waals surface area contributed by atoms with E-state index >= 15 is 0 Å². The maximum Gasteiger partial charge on any atom is 0.243 e. The molecule has 120 valence electrons. The van der Waals surface area contributed by atoms with Crippen molar-refractivity contribution in [2.75, 3.05) is 32.3 Å². The number of amides is 1. The summed E-state index contributed by atoms with van der Waals surface area (Å²) in [5, 5.41) is 9.82. The van der Waals surface area contributed by atoms with E-state index in [4.69, 9.17) is 14.2 Å². The summed E-state index contributed by atoms with van der Waals surface area (Å²) in [6.45, 7) is 1.77. The van der Waals surface area contributed by atoms with Crippen LogP contribution < -0.4 is 14.4 Å². The predicted octanol–water partition coefficient (Wildman–Crippen LogP) is 0.591.